The number of fused-ring (bicyclic) bond motifs is 1. The van der Waals surface area contributed by atoms with Gasteiger partial charge in [-0.25, -0.2) is 13.2 Å². The summed E-state index contributed by atoms with van der Waals surface area (Å²) in [7, 11) is 0. The van der Waals surface area contributed by atoms with Crippen LogP contribution in [0.2, 0.25) is 0 Å². The van der Waals surface area contributed by atoms with Gasteiger partial charge in [-0.2, -0.15) is 0 Å². The molecule has 42 heavy (non-hydrogen) atoms. The van der Waals surface area contributed by atoms with Crippen LogP contribution in [0.15, 0.2) is 78.0 Å². The summed E-state index contributed by atoms with van der Waals surface area (Å²) in [5, 5.41) is 3.45. The predicted molar refractivity (Wildman–Crippen MR) is 157 cm³/mol. The fraction of sp³-hybridized carbons (Fsp3) is 0.333. The molecule has 1 saturated heterocycles. The molecular weight excluding hydrogens is 541 g/mol. The number of rotatable bonds is 4. The van der Waals surface area contributed by atoms with Crippen molar-refractivity contribution in [2.75, 3.05) is 47.8 Å². The highest BCUT2D eigenvalue weighted by Crippen LogP contribution is 2.48. The van der Waals surface area contributed by atoms with Crippen LogP contribution in [0.1, 0.15) is 38.3 Å². The molecule has 1 unspecified atom stereocenters. The number of nitrogens with zero attached hydrogens (tertiary/aromatic N) is 3. The number of hydrogen-bond acceptors (Lipinski definition) is 5. The Bertz CT molecular complexity index is 1560. The number of halogens is 3. The molecular formula is C33H33F3N4O2. The number of Topliss-reactive ketones (excluding diaryl/α,β-unsaturated/α-hetero) is 1. The van der Waals surface area contributed by atoms with Crippen molar-refractivity contribution in [3.05, 3.63) is 101 Å². The number of piperazine rings is 1. The normalized spacial score (nSPS) is 20.1. The van der Waals surface area contributed by atoms with Crippen LogP contribution < -0.4 is 15.1 Å². The number of carbonyl (C=O) groups is 2. The SMILES string of the molecule is CC1(C)CC(=O)C2=C(C1)Nc1ccccc1N(CC(=O)N1CCN(c3ccc(F)cc3)CC1)C2c1ccc(F)cc1F. The molecule has 3 aliphatic rings. The third-order valence-corrected chi connectivity index (χ3v) is 8.39. The van der Waals surface area contributed by atoms with E-state index in [4.69, 9.17) is 0 Å². The Kier molecular flexibility index (Phi) is 7.20. The van der Waals surface area contributed by atoms with Gasteiger partial charge in [0.1, 0.15) is 17.5 Å². The molecule has 1 amide bonds. The maximum atomic E-state index is 15.5. The Labute approximate surface area is 243 Å². The maximum absolute atomic E-state index is 15.5. The van der Waals surface area contributed by atoms with Crippen LogP contribution >= 0.6 is 0 Å². The molecule has 2 aliphatic heterocycles. The molecule has 0 saturated carbocycles. The molecule has 1 N–H and O–H groups in total. The lowest BCUT2D eigenvalue weighted by Gasteiger charge is -2.40. The number of carbonyl (C=O) groups excluding carboxylic acids is 2. The topological polar surface area (TPSA) is 55.9 Å². The Morgan fingerprint density at radius 1 is 0.905 bits per heavy atom. The van der Waals surface area contributed by atoms with E-state index in [1.165, 1.54) is 24.3 Å². The van der Waals surface area contributed by atoms with Gasteiger partial charge in [0.2, 0.25) is 5.91 Å². The predicted octanol–water partition coefficient (Wildman–Crippen LogP) is 6.07. The van der Waals surface area contributed by atoms with Gasteiger partial charge in [-0.1, -0.05) is 32.0 Å². The van der Waals surface area contributed by atoms with Crippen molar-refractivity contribution < 1.29 is 22.8 Å². The zero-order valence-electron chi connectivity index (χ0n) is 23.7. The van der Waals surface area contributed by atoms with Crippen molar-refractivity contribution >= 4 is 28.8 Å². The monoisotopic (exact) mass is 574 g/mol. The number of benzene rings is 3. The van der Waals surface area contributed by atoms with E-state index < -0.39 is 17.7 Å². The van der Waals surface area contributed by atoms with Crippen LogP contribution in [-0.2, 0) is 9.59 Å². The Balaban J connectivity index is 1.36. The molecule has 3 aromatic carbocycles. The Morgan fingerprint density at radius 3 is 2.31 bits per heavy atom. The summed E-state index contributed by atoms with van der Waals surface area (Å²) in [4.78, 5) is 33.3. The van der Waals surface area contributed by atoms with E-state index >= 15 is 4.39 Å². The van der Waals surface area contributed by atoms with Gasteiger partial charge < -0.3 is 20.0 Å². The molecule has 2 heterocycles. The second-order valence-electron chi connectivity index (χ2n) is 12.0. The first kappa shape index (κ1) is 27.9. The average Bonchev–Trinajstić information content (AvgIpc) is 3.07. The van der Waals surface area contributed by atoms with Crippen LogP contribution in [-0.4, -0.2) is 49.3 Å². The van der Waals surface area contributed by atoms with Gasteiger partial charge in [-0.05, 0) is 54.3 Å². The van der Waals surface area contributed by atoms with Crippen molar-refractivity contribution in [3.63, 3.8) is 0 Å². The van der Waals surface area contributed by atoms with Crippen molar-refractivity contribution in [1.82, 2.24) is 4.90 Å². The van der Waals surface area contributed by atoms with Gasteiger partial charge in [0, 0.05) is 61.2 Å². The summed E-state index contributed by atoms with van der Waals surface area (Å²) in [6.07, 6.45) is 0.838. The van der Waals surface area contributed by atoms with Crippen LogP contribution in [0.3, 0.4) is 0 Å². The highest BCUT2D eigenvalue weighted by Gasteiger charge is 2.43. The third kappa shape index (κ3) is 5.35. The molecule has 1 aliphatic carbocycles. The van der Waals surface area contributed by atoms with Crippen LogP contribution in [0.4, 0.5) is 30.2 Å². The van der Waals surface area contributed by atoms with Crippen molar-refractivity contribution in [2.45, 2.75) is 32.7 Å². The lowest BCUT2D eigenvalue weighted by molar-refractivity contribution is -0.130. The minimum atomic E-state index is -0.926. The number of para-hydroxylation sites is 2. The van der Waals surface area contributed by atoms with Crippen molar-refractivity contribution in [2.24, 2.45) is 5.41 Å². The van der Waals surface area contributed by atoms with Gasteiger partial charge in [-0.15, -0.1) is 0 Å². The molecule has 3 aromatic rings. The number of allylic oxidation sites excluding steroid dienone is 1. The van der Waals surface area contributed by atoms with Gasteiger partial charge >= 0.3 is 0 Å². The maximum Gasteiger partial charge on any atom is 0.242 e. The summed E-state index contributed by atoms with van der Waals surface area (Å²) in [5.74, 6) is -2.07. The molecule has 6 nitrogen and oxygen atoms in total. The zero-order valence-corrected chi connectivity index (χ0v) is 23.7. The fourth-order valence-electron chi connectivity index (χ4n) is 6.39. The summed E-state index contributed by atoms with van der Waals surface area (Å²) in [6.45, 7) is 6.01. The van der Waals surface area contributed by atoms with Crippen LogP contribution in [0.5, 0.6) is 0 Å². The standard InChI is InChI=1S/C33H33F3N4O2/c1-33(2)18-27-31(29(41)19-33)32(24-12-9-22(35)17-25(24)36)40(28-6-4-3-5-26(28)37-27)20-30(42)39-15-13-38(14-16-39)23-10-7-21(34)8-11-23/h3-12,17,32,37H,13-16,18-20H2,1-2H3. The summed E-state index contributed by atoms with van der Waals surface area (Å²) < 4.78 is 43.0. The highest BCUT2D eigenvalue weighted by molar-refractivity contribution is 6.02. The highest BCUT2D eigenvalue weighted by atomic mass is 19.1. The van der Waals surface area contributed by atoms with E-state index in [1.54, 1.807) is 21.9 Å². The largest absolute Gasteiger partial charge is 0.368 e. The Morgan fingerprint density at radius 2 is 1.60 bits per heavy atom. The van der Waals surface area contributed by atoms with Crippen molar-refractivity contribution in [1.29, 1.82) is 0 Å². The quantitative estimate of drug-likeness (QED) is 0.410. The summed E-state index contributed by atoms with van der Waals surface area (Å²) in [5.41, 5.74) is 3.20. The molecule has 1 fully saturated rings. The van der Waals surface area contributed by atoms with E-state index in [1.807, 2.05) is 38.1 Å². The minimum Gasteiger partial charge on any atom is -0.368 e. The average molecular weight is 575 g/mol. The molecule has 0 bridgehead atoms. The number of nitrogens with one attached hydrogen (secondary N) is 1. The first-order chi connectivity index (χ1) is 20.1. The lowest BCUT2D eigenvalue weighted by Crippen LogP contribution is -2.52. The second kappa shape index (κ2) is 10.9. The first-order valence-electron chi connectivity index (χ1n) is 14.2. The smallest absolute Gasteiger partial charge is 0.242 e. The summed E-state index contributed by atoms with van der Waals surface area (Å²) in [6, 6.07) is 16.2. The van der Waals surface area contributed by atoms with Crippen LogP contribution in [0.25, 0.3) is 0 Å². The molecule has 0 radical (unpaired) electrons. The van der Waals surface area contributed by atoms with E-state index in [0.29, 0.717) is 49.6 Å². The van der Waals surface area contributed by atoms with Gasteiger partial charge in [0.05, 0.1) is 24.0 Å². The molecule has 0 spiro atoms. The van der Waals surface area contributed by atoms with E-state index in [9.17, 15) is 18.4 Å². The fourth-order valence-corrected chi connectivity index (χ4v) is 6.39. The molecule has 218 valence electrons. The van der Waals surface area contributed by atoms with E-state index in [2.05, 4.69) is 10.2 Å². The molecule has 9 heteroatoms. The minimum absolute atomic E-state index is 0.107. The number of anilines is 3. The lowest BCUT2D eigenvalue weighted by atomic mass is 9.73. The number of hydrogen-bond donors (Lipinski definition) is 1. The van der Waals surface area contributed by atoms with Gasteiger partial charge in [0.25, 0.3) is 0 Å². The van der Waals surface area contributed by atoms with Crippen LogP contribution in [0, 0.1) is 22.9 Å². The number of ketones is 1. The first-order valence-corrected chi connectivity index (χ1v) is 14.2. The third-order valence-electron chi connectivity index (χ3n) is 8.39. The zero-order chi connectivity index (χ0) is 29.6. The molecule has 0 aromatic heterocycles. The van der Waals surface area contributed by atoms with Crippen molar-refractivity contribution in [3.8, 4) is 0 Å². The number of amides is 1. The second-order valence-corrected chi connectivity index (χ2v) is 12.0. The van der Waals surface area contributed by atoms with Gasteiger partial charge in [0.15, 0.2) is 5.78 Å². The molecule has 1 atom stereocenters. The van der Waals surface area contributed by atoms with E-state index in [-0.39, 0.29) is 41.5 Å². The van der Waals surface area contributed by atoms with Gasteiger partial charge in [-0.3, -0.25) is 9.59 Å². The molecule has 6 rings (SSSR count). The Hall–Kier alpha value is -4.27. The van der Waals surface area contributed by atoms with E-state index in [0.717, 1.165) is 17.4 Å². The summed E-state index contributed by atoms with van der Waals surface area (Å²) >= 11 is 0.